The lowest BCUT2D eigenvalue weighted by Gasteiger charge is -2.21. The van der Waals surface area contributed by atoms with Crippen LogP contribution in [0.1, 0.15) is 18.8 Å². The number of hydrogen-bond donors (Lipinski definition) is 3. The molecule has 1 atom stereocenters. The summed E-state index contributed by atoms with van der Waals surface area (Å²) in [7, 11) is 1.63. The van der Waals surface area contributed by atoms with Crippen molar-refractivity contribution in [1.29, 1.82) is 0 Å². The number of imidazole rings is 1. The van der Waals surface area contributed by atoms with Gasteiger partial charge in [0.25, 0.3) is 11.1 Å². The highest BCUT2D eigenvalue weighted by atomic mass is 35.5. The molecular formula is C21H18ClN9O2. The molecule has 1 unspecified atom stereocenters. The van der Waals surface area contributed by atoms with Crippen molar-refractivity contribution >= 4 is 45.2 Å². The van der Waals surface area contributed by atoms with Crippen LogP contribution < -0.4 is 21.9 Å². The number of aryl methyl sites for hydroxylation is 1. The van der Waals surface area contributed by atoms with E-state index in [2.05, 4.69) is 35.7 Å². The van der Waals surface area contributed by atoms with Crippen LogP contribution in [0.15, 0.2) is 58.8 Å². The van der Waals surface area contributed by atoms with Gasteiger partial charge in [0.1, 0.15) is 17.5 Å². The van der Waals surface area contributed by atoms with E-state index in [0.29, 0.717) is 28.3 Å². The van der Waals surface area contributed by atoms with Crippen LogP contribution in [-0.2, 0) is 7.05 Å². The number of halogens is 1. The normalized spacial score (nSPS) is 12.2. The topological polar surface area (TPSA) is 135 Å². The number of benzene rings is 1. The van der Waals surface area contributed by atoms with E-state index in [1.165, 1.54) is 21.9 Å². The standard InChI is InChI=1S/C21H18ClN9O2/c1-11(27-18-16-17(24-9-23-16)25-10-26-18)19-28-13-6-3-5-12(22)15(13)21(33)31(19)29-14-7-4-8-30(2)20(14)32/h3-11,29H,1-2H3,(H2,23,24,25,26,27). The van der Waals surface area contributed by atoms with Gasteiger partial charge in [-0.3, -0.25) is 15.0 Å². The quantitative estimate of drug-likeness (QED) is 0.361. The highest BCUT2D eigenvalue weighted by Crippen LogP contribution is 2.24. The molecule has 0 aliphatic heterocycles. The first-order valence-corrected chi connectivity index (χ1v) is 10.4. The minimum atomic E-state index is -0.518. The van der Waals surface area contributed by atoms with Crippen molar-refractivity contribution in [2.24, 2.45) is 7.05 Å². The number of H-pyrrole nitrogens is 1. The van der Waals surface area contributed by atoms with Crippen LogP contribution in [0.2, 0.25) is 5.02 Å². The molecule has 33 heavy (non-hydrogen) atoms. The minimum Gasteiger partial charge on any atom is -0.358 e. The molecule has 0 aliphatic rings. The van der Waals surface area contributed by atoms with Crippen molar-refractivity contribution < 1.29 is 0 Å². The number of pyridine rings is 1. The number of nitrogens with zero attached hydrogens (tertiary/aromatic N) is 6. The van der Waals surface area contributed by atoms with E-state index in [-0.39, 0.29) is 21.7 Å². The number of aromatic amines is 1. The summed E-state index contributed by atoms with van der Waals surface area (Å²) in [5.74, 6) is 0.791. The highest BCUT2D eigenvalue weighted by Gasteiger charge is 2.20. The fourth-order valence-corrected chi connectivity index (χ4v) is 3.80. The van der Waals surface area contributed by atoms with E-state index >= 15 is 0 Å². The summed E-state index contributed by atoms with van der Waals surface area (Å²) < 4.78 is 2.64. The predicted molar refractivity (Wildman–Crippen MR) is 125 cm³/mol. The van der Waals surface area contributed by atoms with E-state index in [1.54, 1.807) is 43.6 Å². The maximum absolute atomic E-state index is 13.5. The summed E-state index contributed by atoms with van der Waals surface area (Å²) in [6, 6.07) is 7.83. The second-order valence-corrected chi connectivity index (χ2v) is 7.79. The SMILES string of the molecule is CC(Nc1ncnc2[nH]cnc12)c1nc2cccc(Cl)c2c(=O)n1Nc1cccn(C)c1=O. The van der Waals surface area contributed by atoms with Gasteiger partial charge in [-0.2, -0.15) is 0 Å². The highest BCUT2D eigenvalue weighted by molar-refractivity contribution is 6.35. The van der Waals surface area contributed by atoms with Crippen molar-refractivity contribution in [3.8, 4) is 0 Å². The zero-order valence-electron chi connectivity index (χ0n) is 17.6. The minimum absolute atomic E-state index is 0.209. The Balaban J connectivity index is 1.67. The van der Waals surface area contributed by atoms with Gasteiger partial charge in [-0.15, -0.1) is 0 Å². The molecule has 0 radical (unpaired) electrons. The second-order valence-electron chi connectivity index (χ2n) is 7.38. The summed E-state index contributed by atoms with van der Waals surface area (Å²) in [6.07, 6.45) is 4.55. The summed E-state index contributed by atoms with van der Waals surface area (Å²) >= 11 is 6.32. The van der Waals surface area contributed by atoms with Gasteiger partial charge < -0.3 is 14.9 Å². The first-order chi connectivity index (χ1) is 15.9. The molecule has 1 aromatic carbocycles. The van der Waals surface area contributed by atoms with Gasteiger partial charge in [-0.05, 0) is 31.2 Å². The zero-order valence-corrected chi connectivity index (χ0v) is 18.3. The van der Waals surface area contributed by atoms with Crippen molar-refractivity contribution in [2.45, 2.75) is 13.0 Å². The lowest BCUT2D eigenvalue weighted by molar-refractivity contribution is 0.698. The number of hydrogen-bond acceptors (Lipinski definition) is 8. The molecule has 0 fully saturated rings. The van der Waals surface area contributed by atoms with Gasteiger partial charge in [0, 0.05) is 13.2 Å². The van der Waals surface area contributed by atoms with Gasteiger partial charge in [0.05, 0.1) is 28.3 Å². The summed E-state index contributed by atoms with van der Waals surface area (Å²) in [6.45, 7) is 1.82. The molecule has 166 valence electrons. The van der Waals surface area contributed by atoms with Gasteiger partial charge >= 0.3 is 0 Å². The van der Waals surface area contributed by atoms with Gasteiger partial charge in [-0.1, -0.05) is 17.7 Å². The average molecular weight is 464 g/mol. The Morgan fingerprint density at radius 3 is 2.79 bits per heavy atom. The lowest BCUT2D eigenvalue weighted by Crippen LogP contribution is -2.35. The van der Waals surface area contributed by atoms with Crippen molar-refractivity contribution in [3.63, 3.8) is 0 Å². The third kappa shape index (κ3) is 3.57. The van der Waals surface area contributed by atoms with Crippen LogP contribution in [0.5, 0.6) is 0 Å². The third-order valence-corrected chi connectivity index (χ3v) is 5.50. The molecule has 5 rings (SSSR count). The Labute approximate surface area is 191 Å². The van der Waals surface area contributed by atoms with Gasteiger partial charge in [-0.25, -0.2) is 24.6 Å². The van der Waals surface area contributed by atoms with Crippen LogP contribution in [-0.4, -0.2) is 34.2 Å². The fraction of sp³-hybridized carbons (Fsp3) is 0.143. The van der Waals surface area contributed by atoms with E-state index in [4.69, 9.17) is 11.6 Å². The third-order valence-electron chi connectivity index (χ3n) is 5.19. The van der Waals surface area contributed by atoms with E-state index in [0.717, 1.165) is 0 Å². The molecule has 4 heterocycles. The fourth-order valence-electron chi connectivity index (χ4n) is 3.55. The van der Waals surface area contributed by atoms with Crippen LogP contribution >= 0.6 is 11.6 Å². The molecule has 5 aromatic rings. The Kier molecular flexibility index (Phi) is 5.02. The van der Waals surface area contributed by atoms with Crippen LogP contribution in [0.3, 0.4) is 0 Å². The Morgan fingerprint density at radius 1 is 1.09 bits per heavy atom. The first-order valence-electron chi connectivity index (χ1n) is 9.98. The van der Waals surface area contributed by atoms with Gasteiger partial charge in [0.2, 0.25) is 0 Å². The monoisotopic (exact) mass is 463 g/mol. The molecule has 0 saturated carbocycles. The Bertz CT molecular complexity index is 1620. The lowest BCUT2D eigenvalue weighted by atomic mass is 10.2. The van der Waals surface area contributed by atoms with Gasteiger partial charge in [0.15, 0.2) is 17.3 Å². The van der Waals surface area contributed by atoms with Crippen molar-refractivity contribution in [1.82, 2.24) is 34.2 Å². The molecule has 0 spiro atoms. The number of fused-ring (bicyclic) bond motifs is 2. The maximum atomic E-state index is 13.5. The van der Waals surface area contributed by atoms with Crippen molar-refractivity contribution in [2.75, 3.05) is 10.7 Å². The molecule has 12 heteroatoms. The average Bonchev–Trinajstić information content (AvgIpc) is 3.28. The van der Waals surface area contributed by atoms with Crippen LogP contribution in [0.25, 0.3) is 22.1 Å². The largest absolute Gasteiger partial charge is 0.358 e. The molecular weight excluding hydrogens is 446 g/mol. The summed E-state index contributed by atoms with van der Waals surface area (Å²) in [4.78, 5) is 46.4. The molecule has 0 aliphatic carbocycles. The number of rotatable bonds is 5. The number of anilines is 2. The second kappa shape index (κ2) is 8.02. The summed E-state index contributed by atoms with van der Waals surface area (Å²) in [5, 5.41) is 3.74. The van der Waals surface area contributed by atoms with E-state index in [1.807, 2.05) is 6.92 Å². The predicted octanol–water partition coefficient (Wildman–Crippen LogP) is 2.46. The molecule has 4 aromatic heterocycles. The Morgan fingerprint density at radius 2 is 1.94 bits per heavy atom. The van der Waals surface area contributed by atoms with Crippen LogP contribution in [0.4, 0.5) is 11.5 Å². The van der Waals surface area contributed by atoms with Crippen molar-refractivity contribution in [3.05, 3.63) is 80.7 Å². The smallest absolute Gasteiger partial charge is 0.281 e. The molecule has 11 nitrogen and oxygen atoms in total. The molecule has 3 N–H and O–H groups in total. The summed E-state index contributed by atoms with van der Waals surface area (Å²) in [5.41, 5.74) is 3.95. The maximum Gasteiger partial charge on any atom is 0.281 e. The number of aromatic nitrogens is 7. The van der Waals surface area contributed by atoms with E-state index in [9.17, 15) is 9.59 Å². The van der Waals surface area contributed by atoms with Crippen LogP contribution in [0, 0.1) is 0 Å². The molecule has 0 saturated heterocycles. The Hall–Kier alpha value is -4.25. The molecule has 0 amide bonds. The number of nitrogens with one attached hydrogen (secondary N) is 3. The first kappa shape index (κ1) is 20.6. The van der Waals surface area contributed by atoms with E-state index < -0.39 is 11.6 Å². The zero-order chi connectivity index (χ0) is 23.1. The molecule has 0 bridgehead atoms.